The summed E-state index contributed by atoms with van der Waals surface area (Å²) in [5, 5.41) is 11.5. The standard InChI is InChI=1S/C18H16ClN3O4S/c1-24-12-7-11(8-13(9-12)25-2)17-21-22-18(26-17)27-10-16(23)20-15-6-4-3-5-14(15)19/h3-9H,10H2,1-2H3,(H,20,23). The van der Waals surface area contributed by atoms with E-state index in [2.05, 4.69) is 15.5 Å². The minimum absolute atomic E-state index is 0.105. The van der Waals surface area contributed by atoms with Gasteiger partial charge in [-0.1, -0.05) is 35.5 Å². The number of rotatable bonds is 7. The average molecular weight is 406 g/mol. The highest BCUT2D eigenvalue weighted by Gasteiger charge is 2.14. The number of ether oxygens (including phenoxy) is 2. The lowest BCUT2D eigenvalue weighted by Gasteiger charge is -2.06. The highest BCUT2D eigenvalue weighted by Crippen LogP contribution is 2.30. The van der Waals surface area contributed by atoms with Crippen molar-refractivity contribution < 1.29 is 18.7 Å². The largest absolute Gasteiger partial charge is 0.497 e. The molecule has 1 aromatic heterocycles. The molecule has 0 atom stereocenters. The minimum Gasteiger partial charge on any atom is -0.497 e. The maximum absolute atomic E-state index is 12.1. The first kappa shape index (κ1) is 19.1. The third-order valence-electron chi connectivity index (χ3n) is 3.48. The number of methoxy groups -OCH3 is 2. The molecule has 0 aliphatic carbocycles. The maximum Gasteiger partial charge on any atom is 0.277 e. The lowest BCUT2D eigenvalue weighted by molar-refractivity contribution is -0.113. The quantitative estimate of drug-likeness (QED) is 0.591. The maximum atomic E-state index is 12.1. The Labute approximate surface area is 165 Å². The van der Waals surface area contributed by atoms with Gasteiger partial charge in [-0.05, 0) is 24.3 Å². The number of carbonyl (C=O) groups is 1. The van der Waals surface area contributed by atoms with Crippen LogP contribution in [0.3, 0.4) is 0 Å². The second-order valence-corrected chi connectivity index (χ2v) is 6.62. The summed E-state index contributed by atoms with van der Waals surface area (Å²) in [5.74, 6) is 1.40. The number of amides is 1. The average Bonchev–Trinajstić information content (AvgIpc) is 3.17. The first-order chi connectivity index (χ1) is 13.1. The van der Waals surface area contributed by atoms with E-state index in [-0.39, 0.29) is 16.9 Å². The smallest absolute Gasteiger partial charge is 0.277 e. The number of thioether (sulfide) groups is 1. The third kappa shape index (κ3) is 4.93. The molecule has 7 nitrogen and oxygen atoms in total. The molecule has 0 aliphatic rings. The Balaban J connectivity index is 1.64. The van der Waals surface area contributed by atoms with Crippen molar-refractivity contribution in [1.82, 2.24) is 10.2 Å². The number of aromatic nitrogens is 2. The van der Waals surface area contributed by atoms with Crippen LogP contribution in [-0.2, 0) is 4.79 Å². The topological polar surface area (TPSA) is 86.5 Å². The van der Waals surface area contributed by atoms with Gasteiger partial charge in [-0.25, -0.2) is 0 Å². The molecule has 0 spiro atoms. The SMILES string of the molecule is COc1cc(OC)cc(-c2nnc(SCC(=O)Nc3ccccc3Cl)o2)c1. The molecule has 0 radical (unpaired) electrons. The van der Waals surface area contributed by atoms with Crippen LogP contribution in [-0.4, -0.2) is 36.1 Å². The van der Waals surface area contributed by atoms with Crippen LogP contribution in [0.25, 0.3) is 11.5 Å². The molecule has 0 fully saturated rings. The summed E-state index contributed by atoms with van der Waals surface area (Å²) >= 11 is 7.15. The van der Waals surface area contributed by atoms with Gasteiger partial charge in [-0.3, -0.25) is 4.79 Å². The molecule has 0 aliphatic heterocycles. The van der Waals surface area contributed by atoms with E-state index in [0.29, 0.717) is 33.7 Å². The van der Waals surface area contributed by atoms with E-state index in [9.17, 15) is 4.79 Å². The molecular formula is C18H16ClN3O4S. The van der Waals surface area contributed by atoms with Crippen LogP contribution < -0.4 is 14.8 Å². The molecule has 1 heterocycles. The predicted molar refractivity (Wildman–Crippen MR) is 104 cm³/mol. The predicted octanol–water partition coefficient (Wildman–Crippen LogP) is 4.14. The van der Waals surface area contributed by atoms with Crippen molar-refractivity contribution in [1.29, 1.82) is 0 Å². The van der Waals surface area contributed by atoms with E-state index in [1.165, 1.54) is 0 Å². The van der Waals surface area contributed by atoms with Gasteiger partial charge in [0, 0.05) is 11.6 Å². The van der Waals surface area contributed by atoms with E-state index in [4.69, 9.17) is 25.5 Å². The molecule has 1 N–H and O–H groups in total. The summed E-state index contributed by atoms with van der Waals surface area (Å²) in [6, 6.07) is 12.3. The number of anilines is 1. The number of hydrogen-bond acceptors (Lipinski definition) is 7. The summed E-state index contributed by atoms with van der Waals surface area (Å²) in [4.78, 5) is 12.1. The minimum atomic E-state index is -0.226. The molecule has 3 rings (SSSR count). The first-order valence-corrected chi connectivity index (χ1v) is 9.19. The fourth-order valence-corrected chi connectivity index (χ4v) is 2.94. The summed E-state index contributed by atoms with van der Waals surface area (Å²) in [6.07, 6.45) is 0. The van der Waals surface area contributed by atoms with E-state index in [0.717, 1.165) is 11.8 Å². The number of halogens is 1. The molecular weight excluding hydrogens is 390 g/mol. The fourth-order valence-electron chi connectivity index (χ4n) is 2.19. The summed E-state index contributed by atoms with van der Waals surface area (Å²) in [7, 11) is 3.12. The zero-order valence-corrected chi connectivity index (χ0v) is 16.1. The van der Waals surface area contributed by atoms with Gasteiger partial charge < -0.3 is 19.2 Å². The zero-order valence-electron chi connectivity index (χ0n) is 14.6. The van der Waals surface area contributed by atoms with Crippen LogP contribution in [0, 0.1) is 0 Å². The molecule has 3 aromatic rings. The normalized spacial score (nSPS) is 10.5. The molecule has 1 amide bonds. The first-order valence-electron chi connectivity index (χ1n) is 7.83. The number of nitrogens with one attached hydrogen (secondary N) is 1. The van der Waals surface area contributed by atoms with Crippen molar-refractivity contribution in [2.45, 2.75) is 5.22 Å². The van der Waals surface area contributed by atoms with Crippen molar-refractivity contribution >= 4 is 35.0 Å². The van der Waals surface area contributed by atoms with E-state index in [1.807, 2.05) is 0 Å². The van der Waals surface area contributed by atoms with Crippen molar-refractivity contribution in [3.05, 3.63) is 47.5 Å². The van der Waals surface area contributed by atoms with Crippen LogP contribution in [0.2, 0.25) is 5.02 Å². The van der Waals surface area contributed by atoms with Crippen molar-refractivity contribution in [3.8, 4) is 23.0 Å². The van der Waals surface area contributed by atoms with Gasteiger partial charge in [0.05, 0.1) is 30.7 Å². The lowest BCUT2D eigenvalue weighted by atomic mass is 10.2. The molecule has 0 unspecified atom stereocenters. The van der Waals surface area contributed by atoms with Crippen molar-refractivity contribution in [2.24, 2.45) is 0 Å². The van der Waals surface area contributed by atoms with Gasteiger partial charge in [0.25, 0.3) is 5.22 Å². The molecule has 0 bridgehead atoms. The summed E-state index contributed by atoms with van der Waals surface area (Å²) in [5.41, 5.74) is 1.21. The Hall–Kier alpha value is -2.71. The Bertz CT molecular complexity index is 926. The highest BCUT2D eigenvalue weighted by molar-refractivity contribution is 7.99. The molecule has 27 heavy (non-hydrogen) atoms. The van der Waals surface area contributed by atoms with Crippen LogP contribution >= 0.6 is 23.4 Å². The third-order valence-corrected chi connectivity index (χ3v) is 4.63. The van der Waals surface area contributed by atoms with Gasteiger partial charge >= 0.3 is 0 Å². The van der Waals surface area contributed by atoms with Crippen LogP contribution in [0.5, 0.6) is 11.5 Å². The van der Waals surface area contributed by atoms with E-state index in [1.54, 1.807) is 56.7 Å². The Morgan fingerprint density at radius 3 is 2.52 bits per heavy atom. The molecule has 2 aromatic carbocycles. The van der Waals surface area contributed by atoms with Gasteiger partial charge in [0.1, 0.15) is 11.5 Å². The van der Waals surface area contributed by atoms with Crippen molar-refractivity contribution in [3.63, 3.8) is 0 Å². The van der Waals surface area contributed by atoms with Crippen LogP contribution in [0.15, 0.2) is 52.1 Å². The number of para-hydroxylation sites is 1. The fraction of sp³-hybridized carbons (Fsp3) is 0.167. The Morgan fingerprint density at radius 2 is 1.85 bits per heavy atom. The van der Waals surface area contributed by atoms with Gasteiger partial charge in [0.2, 0.25) is 11.8 Å². The number of carbonyl (C=O) groups excluding carboxylic acids is 1. The zero-order chi connectivity index (χ0) is 19.2. The number of benzene rings is 2. The molecule has 9 heteroatoms. The summed E-state index contributed by atoms with van der Waals surface area (Å²) in [6.45, 7) is 0. The lowest BCUT2D eigenvalue weighted by Crippen LogP contribution is -2.14. The Morgan fingerprint density at radius 1 is 1.15 bits per heavy atom. The molecule has 0 saturated heterocycles. The van der Waals surface area contributed by atoms with Crippen molar-refractivity contribution in [2.75, 3.05) is 25.3 Å². The highest BCUT2D eigenvalue weighted by atomic mass is 35.5. The van der Waals surface area contributed by atoms with Gasteiger partial charge in [0.15, 0.2) is 0 Å². The van der Waals surface area contributed by atoms with Crippen LogP contribution in [0.1, 0.15) is 0 Å². The van der Waals surface area contributed by atoms with Gasteiger partial charge in [-0.2, -0.15) is 0 Å². The summed E-state index contributed by atoms with van der Waals surface area (Å²) < 4.78 is 16.1. The van der Waals surface area contributed by atoms with E-state index < -0.39 is 0 Å². The molecule has 140 valence electrons. The number of hydrogen-bond donors (Lipinski definition) is 1. The second kappa shape index (κ2) is 8.79. The van der Waals surface area contributed by atoms with E-state index >= 15 is 0 Å². The monoisotopic (exact) mass is 405 g/mol. The van der Waals surface area contributed by atoms with Gasteiger partial charge in [-0.15, -0.1) is 10.2 Å². The van der Waals surface area contributed by atoms with Crippen LogP contribution in [0.4, 0.5) is 5.69 Å². The molecule has 0 saturated carbocycles. The Kier molecular flexibility index (Phi) is 6.20. The number of nitrogens with zero attached hydrogens (tertiary/aromatic N) is 2. The second-order valence-electron chi connectivity index (χ2n) is 5.29.